The summed E-state index contributed by atoms with van der Waals surface area (Å²) in [5, 5.41) is 33.2. The Morgan fingerprint density at radius 3 is 2.35 bits per heavy atom. The average Bonchev–Trinajstić information content (AvgIpc) is 2.38. The highest BCUT2D eigenvalue weighted by molar-refractivity contribution is 5.83. The van der Waals surface area contributed by atoms with Gasteiger partial charge in [0.1, 0.15) is 11.2 Å². The van der Waals surface area contributed by atoms with Gasteiger partial charge in [0.05, 0.1) is 15.9 Å². The molecule has 2 N–H and O–H groups in total. The third-order valence-electron chi connectivity index (χ3n) is 2.98. The Morgan fingerprint density at radius 1 is 1.35 bits per heavy atom. The summed E-state index contributed by atoms with van der Waals surface area (Å²) in [5.41, 5.74) is -2.45. The van der Waals surface area contributed by atoms with Crippen molar-refractivity contribution in [2.24, 2.45) is 0 Å². The Labute approximate surface area is 113 Å². The molecule has 0 aliphatic rings. The second-order valence-electron chi connectivity index (χ2n) is 4.33. The number of nitro benzene ring substituents is 2. The van der Waals surface area contributed by atoms with Gasteiger partial charge >= 0.3 is 5.97 Å². The Balaban J connectivity index is 3.28. The quantitative estimate of drug-likeness (QED) is 0.603. The van der Waals surface area contributed by atoms with E-state index in [1.165, 1.54) is 6.92 Å². The molecule has 0 heterocycles. The van der Waals surface area contributed by atoms with Crippen LogP contribution in [0.4, 0.5) is 17.1 Å². The first-order valence-corrected chi connectivity index (χ1v) is 5.65. The van der Waals surface area contributed by atoms with Gasteiger partial charge < -0.3 is 10.4 Å². The van der Waals surface area contributed by atoms with Crippen molar-refractivity contribution in [1.82, 2.24) is 0 Å². The van der Waals surface area contributed by atoms with Crippen LogP contribution in [0, 0.1) is 20.2 Å². The Bertz CT molecular complexity index is 573. The normalized spacial score (nSPS) is 13.3. The van der Waals surface area contributed by atoms with Gasteiger partial charge in [0, 0.05) is 6.07 Å². The molecule has 0 radical (unpaired) electrons. The summed E-state index contributed by atoms with van der Waals surface area (Å²) < 4.78 is 0. The topological polar surface area (TPSA) is 136 Å². The number of nitrogens with one attached hydrogen (secondary N) is 1. The molecular weight excluding hydrogens is 270 g/mol. The third-order valence-corrected chi connectivity index (χ3v) is 2.98. The molecule has 0 fully saturated rings. The number of aliphatic carboxylic acids is 1. The minimum absolute atomic E-state index is 0.0765. The van der Waals surface area contributed by atoms with Crippen molar-refractivity contribution >= 4 is 23.0 Å². The van der Waals surface area contributed by atoms with Gasteiger partial charge in [-0.3, -0.25) is 20.2 Å². The summed E-state index contributed by atoms with van der Waals surface area (Å²) in [7, 11) is 0. The summed E-state index contributed by atoms with van der Waals surface area (Å²) in [6.45, 7) is 2.98. The molecule has 9 heteroatoms. The summed E-state index contributed by atoms with van der Waals surface area (Å²) in [6.07, 6.45) is 0.177. The summed E-state index contributed by atoms with van der Waals surface area (Å²) >= 11 is 0. The van der Waals surface area contributed by atoms with Crippen LogP contribution in [-0.4, -0.2) is 26.5 Å². The number of hydrogen-bond donors (Lipinski definition) is 2. The van der Waals surface area contributed by atoms with Crippen LogP contribution < -0.4 is 5.32 Å². The minimum atomic E-state index is -1.40. The molecule has 0 aliphatic heterocycles. The monoisotopic (exact) mass is 283 g/mol. The van der Waals surface area contributed by atoms with E-state index in [4.69, 9.17) is 5.11 Å². The highest BCUT2D eigenvalue weighted by Crippen LogP contribution is 2.31. The van der Waals surface area contributed by atoms with Gasteiger partial charge in [-0.25, -0.2) is 4.79 Å². The number of non-ortho nitro benzene ring substituents is 1. The zero-order valence-corrected chi connectivity index (χ0v) is 10.8. The molecule has 20 heavy (non-hydrogen) atoms. The standard InChI is InChI=1S/C11H13N3O6/c1-3-11(2,10(15)16)12-8-5-4-7(13(17)18)6-9(8)14(19)20/h4-6,12H,3H2,1-2H3,(H,15,16)/t11-/m0/s1. The zero-order valence-electron chi connectivity index (χ0n) is 10.8. The van der Waals surface area contributed by atoms with E-state index in [-0.39, 0.29) is 12.1 Å². The van der Waals surface area contributed by atoms with E-state index < -0.39 is 32.7 Å². The van der Waals surface area contributed by atoms with E-state index in [0.717, 1.165) is 18.2 Å². The number of anilines is 1. The third kappa shape index (κ3) is 2.99. The van der Waals surface area contributed by atoms with Gasteiger partial charge in [0.2, 0.25) is 0 Å². The van der Waals surface area contributed by atoms with Gasteiger partial charge in [-0.05, 0) is 19.4 Å². The van der Waals surface area contributed by atoms with Gasteiger partial charge in [-0.2, -0.15) is 0 Å². The van der Waals surface area contributed by atoms with E-state index in [0.29, 0.717) is 0 Å². The molecule has 1 aromatic rings. The van der Waals surface area contributed by atoms with Gasteiger partial charge in [-0.15, -0.1) is 0 Å². The van der Waals surface area contributed by atoms with Gasteiger partial charge in [0.15, 0.2) is 0 Å². The second-order valence-corrected chi connectivity index (χ2v) is 4.33. The lowest BCUT2D eigenvalue weighted by atomic mass is 9.98. The van der Waals surface area contributed by atoms with Crippen LogP contribution >= 0.6 is 0 Å². The molecular formula is C11H13N3O6. The molecule has 1 atom stereocenters. The van der Waals surface area contributed by atoms with Gasteiger partial charge in [-0.1, -0.05) is 6.92 Å². The fourth-order valence-corrected chi connectivity index (χ4v) is 1.48. The zero-order chi connectivity index (χ0) is 15.5. The number of rotatable bonds is 6. The number of nitrogens with zero attached hydrogens (tertiary/aromatic N) is 2. The smallest absolute Gasteiger partial charge is 0.329 e. The molecule has 0 aromatic heterocycles. The number of nitro groups is 2. The molecule has 108 valence electrons. The average molecular weight is 283 g/mol. The fourth-order valence-electron chi connectivity index (χ4n) is 1.48. The molecule has 0 amide bonds. The Hall–Kier alpha value is -2.71. The largest absolute Gasteiger partial charge is 0.480 e. The van der Waals surface area contributed by atoms with E-state index in [2.05, 4.69) is 5.32 Å². The molecule has 0 saturated heterocycles. The van der Waals surface area contributed by atoms with Crippen LogP contribution in [0.15, 0.2) is 18.2 Å². The first-order valence-electron chi connectivity index (χ1n) is 5.65. The lowest BCUT2D eigenvalue weighted by Gasteiger charge is -2.25. The molecule has 0 bridgehead atoms. The van der Waals surface area contributed by atoms with E-state index in [1.807, 2.05) is 0 Å². The maximum atomic E-state index is 11.2. The maximum Gasteiger partial charge on any atom is 0.329 e. The van der Waals surface area contributed by atoms with Crippen LogP contribution in [0.2, 0.25) is 0 Å². The lowest BCUT2D eigenvalue weighted by Crippen LogP contribution is -2.42. The first-order chi connectivity index (χ1) is 9.21. The van der Waals surface area contributed by atoms with Crippen molar-refractivity contribution in [1.29, 1.82) is 0 Å². The summed E-state index contributed by atoms with van der Waals surface area (Å²) in [5.74, 6) is -1.17. The Kier molecular flexibility index (Phi) is 4.23. The minimum Gasteiger partial charge on any atom is -0.480 e. The highest BCUT2D eigenvalue weighted by Gasteiger charge is 2.33. The van der Waals surface area contributed by atoms with E-state index >= 15 is 0 Å². The van der Waals surface area contributed by atoms with Crippen LogP contribution in [-0.2, 0) is 4.79 Å². The summed E-state index contributed by atoms with van der Waals surface area (Å²) in [6, 6.07) is 3.00. The fraction of sp³-hybridized carbons (Fsp3) is 0.364. The molecule has 1 aromatic carbocycles. The van der Waals surface area contributed by atoms with Crippen molar-refractivity contribution in [2.45, 2.75) is 25.8 Å². The van der Waals surface area contributed by atoms with Crippen LogP contribution in [0.3, 0.4) is 0 Å². The molecule has 0 unspecified atom stereocenters. The van der Waals surface area contributed by atoms with Crippen LogP contribution in [0.1, 0.15) is 20.3 Å². The van der Waals surface area contributed by atoms with Crippen LogP contribution in [0.5, 0.6) is 0 Å². The van der Waals surface area contributed by atoms with E-state index in [9.17, 15) is 25.0 Å². The highest BCUT2D eigenvalue weighted by atomic mass is 16.6. The molecule has 0 aliphatic carbocycles. The maximum absolute atomic E-state index is 11.2. The SMILES string of the molecule is CC[C@](C)(Nc1ccc([N+](=O)[O-])cc1[N+](=O)[O-])C(=O)O. The molecule has 0 saturated carbocycles. The summed E-state index contributed by atoms with van der Waals surface area (Å²) in [4.78, 5) is 31.2. The molecule has 0 spiro atoms. The lowest BCUT2D eigenvalue weighted by molar-refractivity contribution is -0.393. The second kappa shape index (κ2) is 5.51. The predicted molar refractivity (Wildman–Crippen MR) is 69.7 cm³/mol. The van der Waals surface area contributed by atoms with E-state index in [1.54, 1.807) is 6.92 Å². The van der Waals surface area contributed by atoms with Crippen molar-refractivity contribution in [3.05, 3.63) is 38.4 Å². The number of carboxylic acid groups (broad SMARTS) is 1. The molecule has 1 rings (SSSR count). The van der Waals surface area contributed by atoms with Crippen LogP contribution in [0.25, 0.3) is 0 Å². The first kappa shape index (κ1) is 15.3. The van der Waals surface area contributed by atoms with Crippen molar-refractivity contribution in [3.8, 4) is 0 Å². The number of carboxylic acids is 1. The van der Waals surface area contributed by atoms with Crippen molar-refractivity contribution in [2.75, 3.05) is 5.32 Å². The van der Waals surface area contributed by atoms with Crippen molar-refractivity contribution < 1.29 is 19.7 Å². The molecule has 9 nitrogen and oxygen atoms in total. The Morgan fingerprint density at radius 2 is 1.95 bits per heavy atom. The van der Waals surface area contributed by atoms with Gasteiger partial charge in [0.25, 0.3) is 11.4 Å². The predicted octanol–water partition coefficient (Wildman–Crippen LogP) is 2.17. The number of carbonyl (C=O) groups is 1. The van der Waals surface area contributed by atoms with Crippen molar-refractivity contribution in [3.63, 3.8) is 0 Å². The number of hydrogen-bond acceptors (Lipinski definition) is 6. The number of benzene rings is 1.